The Kier molecular flexibility index (Phi) is 4.97. The van der Waals surface area contributed by atoms with Crippen molar-refractivity contribution in [2.45, 2.75) is 45.6 Å². The Morgan fingerprint density at radius 2 is 1.79 bits per heavy atom. The smallest absolute Gasteiger partial charge is 0.335 e. The van der Waals surface area contributed by atoms with Gasteiger partial charge in [-0.1, -0.05) is 25.3 Å². The van der Waals surface area contributed by atoms with E-state index >= 15 is 0 Å². The fraction of sp³-hybridized carbons (Fsp3) is 0.562. The minimum absolute atomic E-state index is 0.383. The largest absolute Gasteiger partial charge is 0.478 e. The third kappa shape index (κ3) is 4.06. The molecule has 1 aliphatic heterocycles. The maximum Gasteiger partial charge on any atom is 0.335 e. The van der Waals surface area contributed by atoms with Crippen LogP contribution in [-0.4, -0.2) is 29.1 Å². The SMILES string of the molecule is Cc1cc(C(=O)O)ccc1CN1CCCCCCC1. The van der Waals surface area contributed by atoms with E-state index in [1.54, 1.807) is 12.1 Å². The minimum Gasteiger partial charge on any atom is -0.478 e. The molecular weight excluding hydrogens is 238 g/mol. The number of carboxylic acids is 1. The standard InChI is InChI=1S/C16H23NO2/c1-13-11-14(16(18)19)7-8-15(13)12-17-9-5-3-2-4-6-10-17/h7-8,11H,2-6,9-10,12H2,1H3,(H,18,19). The molecule has 0 aliphatic carbocycles. The summed E-state index contributed by atoms with van der Waals surface area (Å²) >= 11 is 0. The van der Waals surface area contributed by atoms with Crippen LogP contribution in [0.5, 0.6) is 0 Å². The van der Waals surface area contributed by atoms with Crippen molar-refractivity contribution in [1.29, 1.82) is 0 Å². The normalized spacial score (nSPS) is 17.7. The van der Waals surface area contributed by atoms with E-state index in [1.165, 1.54) is 50.8 Å². The number of carbonyl (C=O) groups is 1. The van der Waals surface area contributed by atoms with E-state index < -0.39 is 5.97 Å². The van der Waals surface area contributed by atoms with Gasteiger partial charge in [0.25, 0.3) is 0 Å². The molecule has 0 radical (unpaired) electrons. The molecular formula is C16H23NO2. The van der Waals surface area contributed by atoms with E-state index in [-0.39, 0.29) is 0 Å². The molecule has 1 fully saturated rings. The lowest BCUT2D eigenvalue weighted by molar-refractivity contribution is 0.0696. The molecule has 1 N–H and O–H groups in total. The van der Waals surface area contributed by atoms with E-state index in [0.29, 0.717) is 5.56 Å². The highest BCUT2D eigenvalue weighted by atomic mass is 16.4. The lowest BCUT2D eigenvalue weighted by Crippen LogP contribution is -2.27. The highest BCUT2D eigenvalue weighted by Crippen LogP contribution is 2.17. The summed E-state index contributed by atoms with van der Waals surface area (Å²) in [7, 11) is 0. The molecule has 0 atom stereocenters. The summed E-state index contributed by atoms with van der Waals surface area (Å²) in [5, 5.41) is 8.98. The van der Waals surface area contributed by atoms with Gasteiger partial charge in [0.2, 0.25) is 0 Å². The molecule has 0 unspecified atom stereocenters. The van der Waals surface area contributed by atoms with Crippen LogP contribution in [0.3, 0.4) is 0 Å². The highest BCUT2D eigenvalue weighted by Gasteiger charge is 2.11. The Hall–Kier alpha value is -1.35. The molecule has 3 nitrogen and oxygen atoms in total. The van der Waals surface area contributed by atoms with Gasteiger partial charge in [-0.05, 0) is 56.1 Å². The first-order valence-electron chi connectivity index (χ1n) is 7.22. The summed E-state index contributed by atoms with van der Waals surface area (Å²) in [6.45, 7) is 5.29. The third-order valence-electron chi connectivity index (χ3n) is 3.93. The van der Waals surface area contributed by atoms with Crippen molar-refractivity contribution < 1.29 is 9.90 Å². The maximum atomic E-state index is 10.9. The van der Waals surface area contributed by atoms with Crippen LogP contribution >= 0.6 is 0 Å². The van der Waals surface area contributed by atoms with Gasteiger partial charge in [0, 0.05) is 6.54 Å². The van der Waals surface area contributed by atoms with Gasteiger partial charge in [-0.2, -0.15) is 0 Å². The average Bonchev–Trinajstić information content (AvgIpc) is 2.34. The van der Waals surface area contributed by atoms with E-state index in [2.05, 4.69) is 4.90 Å². The van der Waals surface area contributed by atoms with Crippen molar-refractivity contribution in [1.82, 2.24) is 4.90 Å². The monoisotopic (exact) mass is 261 g/mol. The lowest BCUT2D eigenvalue weighted by atomic mass is 10.0. The molecule has 0 amide bonds. The van der Waals surface area contributed by atoms with E-state index in [9.17, 15) is 4.79 Å². The van der Waals surface area contributed by atoms with E-state index in [0.717, 1.165) is 12.1 Å². The number of likely N-dealkylation sites (tertiary alicyclic amines) is 1. The van der Waals surface area contributed by atoms with Gasteiger partial charge in [0.1, 0.15) is 0 Å². The van der Waals surface area contributed by atoms with Crippen LogP contribution in [0.25, 0.3) is 0 Å². The molecule has 1 saturated heterocycles. The van der Waals surface area contributed by atoms with E-state index in [4.69, 9.17) is 5.11 Å². The van der Waals surface area contributed by atoms with Crippen LogP contribution in [0, 0.1) is 6.92 Å². The van der Waals surface area contributed by atoms with Crippen LogP contribution < -0.4 is 0 Å². The second kappa shape index (κ2) is 6.71. The summed E-state index contributed by atoms with van der Waals surface area (Å²) in [5.41, 5.74) is 2.72. The first-order valence-corrected chi connectivity index (χ1v) is 7.22. The van der Waals surface area contributed by atoms with Crippen molar-refractivity contribution in [2.24, 2.45) is 0 Å². The van der Waals surface area contributed by atoms with Crippen LogP contribution in [0.4, 0.5) is 0 Å². The summed E-state index contributed by atoms with van der Waals surface area (Å²) in [4.78, 5) is 13.4. The first kappa shape index (κ1) is 14.1. The first-order chi connectivity index (χ1) is 9.16. The molecule has 104 valence electrons. The molecule has 1 aromatic rings. The van der Waals surface area contributed by atoms with Gasteiger partial charge in [-0.25, -0.2) is 4.79 Å². The predicted molar refractivity (Wildman–Crippen MR) is 76.5 cm³/mol. The molecule has 1 aliphatic rings. The minimum atomic E-state index is -0.846. The average molecular weight is 261 g/mol. The van der Waals surface area contributed by atoms with Crippen LogP contribution in [-0.2, 0) is 6.54 Å². The Morgan fingerprint density at radius 1 is 1.16 bits per heavy atom. The number of aryl methyl sites for hydroxylation is 1. The Bertz CT molecular complexity index is 434. The number of rotatable bonds is 3. The number of nitrogens with zero attached hydrogens (tertiary/aromatic N) is 1. The molecule has 19 heavy (non-hydrogen) atoms. The fourth-order valence-electron chi connectivity index (χ4n) is 2.72. The highest BCUT2D eigenvalue weighted by molar-refractivity contribution is 5.87. The Balaban J connectivity index is 2.03. The van der Waals surface area contributed by atoms with Gasteiger partial charge in [0.05, 0.1) is 5.56 Å². The zero-order valence-corrected chi connectivity index (χ0v) is 11.7. The Morgan fingerprint density at radius 3 is 2.37 bits per heavy atom. The van der Waals surface area contributed by atoms with Gasteiger partial charge in [0.15, 0.2) is 0 Å². The second-order valence-electron chi connectivity index (χ2n) is 5.49. The molecule has 1 aromatic carbocycles. The number of hydrogen-bond donors (Lipinski definition) is 1. The number of carboxylic acid groups (broad SMARTS) is 1. The maximum absolute atomic E-state index is 10.9. The molecule has 3 heteroatoms. The number of aromatic carboxylic acids is 1. The summed E-state index contributed by atoms with van der Waals surface area (Å²) in [6.07, 6.45) is 6.62. The van der Waals surface area contributed by atoms with Crippen LogP contribution in [0.1, 0.15) is 53.6 Å². The summed E-state index contributed by atoms with van der Waals surface area (Å²) in [5.74, 6) is -0.846. The lowest BCUT2D eigenvalue weighted by Gasteiger charge is -2.25. The second-order valence-corrected chi connectivity index (χ2v) is 5.49. The van der Waals surface area contributed by atoms with Gasteiger partial charge >= 0.3 is 5.97 Å². The quantitative estimate of drug-likeness (QED) is 0.906. The molecule has 0 spiro atoms. The van der Waals surface area contributed by atoms with Gasteiger partial charge < -0.3 is 5.11 Å². The van der Waals surface area contributed by atoms with Crippen LogP contribution in [0.2, 0.25) is 0 Å². The van der Waals surface area contributed by atoms with Crippen LogP contribution in [0.15, 0.2) is 18.2 Å². The molecule has 0 bridgehead atoms. The van der Waals surface area contributed by atoms with Crippen molar-refractivity contribution in [3.8, 4) is 0 Å². The topological polar surface area (TPSA) is 40.5 Å². The fourth-order valence-corrected chi connectivity index (χ4v) is 2.72. The van der Waals surface area contributed by atoms with E-state index in [1.807, 2.05) is 13.0 Å². The van der Waals surface area contributed by atoms with Crippen molar-refractivity contribution in [3.63, 3.8) is 0 Å². The molecule has 1 heterocycles. The number of hydrogen-bond acceptors (Lipinski definition) is 2. The summed E-state index contributed by atoms with van der Waals surface area (Å²) in [6, 6.07) is 5.47. The predicted octanol–water partition coefficient (Wildman–Crippen LogP) is 3.46. The third-order valence-corrected chi connectivity index (χ3v) is 3.93. The molecule has 0 aromatic heterocycles. The van der Waals surface area contributed by atoms with Crippen molar-refractivity contribution >= 4 is 5.97 Å². The van der Waals surface area contributed by atoms with Crippen molar-refractivity contribution in [2.75, 3.05) is 13.1 Å². The number of benzene rings is 1. The van der Waals surface area contributed by atoms with Crippen molar-refractivity contribution in [3.05, 3.63) is 34.9 Å². The summed E-state index contributed by atoms with van der Waals surface area (Å²) < 4.78 is 0. The zero-order valence-electron chi connectivity index (χ0n) is 11.7. The van der Waals surface area contributed by atoms with Gasteiger partial charge in [-0.15, -0.1) is 0 Å². The Labute approximate surface area is 115 Å². The molecule has 0 saturated carbocycles. The zero-order chi connectivity index (χ0) is 13.7. The van der Waals surface area contributed by atoms with Gasteiger partial charge in [-0.3, -0.25) is 4.90 Å². The molecule has 2 rings (SSSR count).